The standard InChI is InChI=1S/C17H18ClN5OS/c1-2-23-15(8-7-14(19)24)21-22-17(23)25-10-12-9-11-5-3-4-6-13(11)20-16(12)18/h3-6,9H,2,7-8,10H2,1H3,(H2,19,24). The molecular formula is C17H18ClN5OS. The topological polar surface area (TPSA) is 86.7 Å². The predicted octanol–water partition coefficient (Wildman–Crippen LogP) is 3.21. The van der Waals surface area contributed by atoms with Gasteiger partial charge in [0.1, 0.15) is 11.0 Å². The molecule has 0 spiro atoms. The molecule has 0 aliphatic heterocycles. The smallest absolute Gasteiger partial charge is 0.217 e. The molecular weight excluding hydrogens is 358 g/mol. The van der Waals surface area contributed by atoms with Crippen molar-refractivity contribution >= 4 is 40.2 Å². The molecule has 130 valence electrons. The van der Waals surface area contributed by atoms with Crippen molar-refractivity contribution in [3.05, 3.63) is 46.9 Å². The highest BCUT2D eigenvalue weighted by atomic mass is 35.5. The third-order valence-electron chi connectivity index (χ3n) is 3.81. The molecule has 0 aliphatic rings. The van der Waals surface area contributed by atoms with E-state index in [1.165, 1.54) is 0 Å². The zero-order valence-electron chi connectivity index (χ0n) is 13.8. The van der Waals surface area contributed by atoms with E-state index in [1.807, 2.05) is 35.8 Å². The van der Waals surface area contributed by atoms with E-state index in [4.69, 9.17) is 17.3 Å². The number of aryl methyl sites for hydroxylation is 1. The lowest BCUT2D eigenvalue weighted by Crippen LogP contribution is -2.13. The maximum Gasteiger partial charge on any atom is 0.217 e. The second-order valence-electron chi connectivity index (χ2n) is 5.53. The normalized spacial score (nSPS) is 11.1. The number of nitrogens with two attached hydrogens (primary N) is 1. The number of hydrogen-bond acceptors (Lipinski definition) is 5. The molecule has 3 aromatic rings. The van der Waals surface area contributed by atoms with E-state index in [2.05, 4.69) is 21.2 Å². The number of benzene rings is 1. The van der Waals surface area contributed by atoms with Gasteiger partial charge >= 0.3 is 0 Å². The number of aromatic nitrogens is 4. The molecule has 1 aromatic carbocycles. The molecule has 25 heavy (non-hydrogen) atoms. The van der Waals surface area contributed by atoms with Crippen LogP contribution in [0.2, 0.25) is 5.15 Å². The van der Waals surface area contributed by atoms with E-state index in [0.29, 0.717) is 17.3 Å². The van der Waals surface area contributed by atoms with Crippen LogP contribution in [0.5, 0.6) is 0 Å². The molecule has 2 aromatic heterocycles. The minimum Gasteiger partial charge on any atom is -0.370 e. The minimum atomic E-state index is -0.339. The van der Waals surface area contributed by atoms with Gasteiger partial charge in [-0.05, 0) is 19.1 Å². The third-order valence-corrected chi connectivity index (χ3v) is 5.15. The Morgan fingerprint density at radius 1 is 1.32 bits per heavy atom. The first kappa shape index (κ1) is 17.7. The van der Waals surface area contributed by atoms with Gasteiger partial charge in [-0.15, -0.1) is 10.2 Å². The first-order chi connectivity index (χ1) is 12.1. The molecule has 0 saturated heterocycles. The van der Waals surface area contributed by atoms with Crippen LogP contribution in [0.1, 0.15) is 24.7 Å². The van der Waals surface area contributed by atoms with Crippen LogP contribution in [0.25, 0.3) is 10.9 Å². The first-order valence-corrected chi connectivity index (χ1v) is 9.32. The number of thioether (sulfide) groups is 1. The van der Waals surface area contributed by atoms with Gasteiger partial charge < -0.3 is 10.3 Å². The summed E-state index contributed by atoms with van der Waals surface area (Å²) in [4.78, 5) is 15.4. The molecule has 0 unspecified atom stereocenters. The van der Waals surface area contributed by atoms with Gasteiger partial charge in [-0.25, -0.2) is 4.98 Å². The Morgan fingerprint density at radius 3 is 2.88 bits per heavy atom. The fraction of sp³-hybridized carbons (Fsp3) is 0.294. The molecule has 6 nitrogen and oxygen atoms in total. The van der Waals surface area contributed by atoms with Gasteiger partial charge in [-0.1, -0.05) is 41.6 Å². The maximum absolute atomic E-state index is 11.0. The van der Waals surface area contributed by atoms with Crippen LogP contribution in [0.3, 0.4) is 0 Å². The highest BCUT2D eigenvalue weighted by Gasteiger charge is 2.13. The van der Waals surface area contributed by atoms with Crippen LogP contribution in [0.4, 0.5) is 0 Å². The molecule has 1 amide bonds. The average Bonchev–Trinajstić information content (AvgIpc) is 3.00. The molecule has 3 rings (SSSR count). The highest BCUT2D eigenvalue weighted by Crippen LogP contribution is 2.28. The van der Waals surface area contributed by atoms with Gasteiger partial charge in [0.05, 0.1) is 5.52 Å². The summed E-state index contributed by atoms with van der Waals surface area (Å²) in [6, 6.07) is 9.93. The van der Waals surface area contributed by atoms with Crippen LogP contribution in [0, 0.1) is 0 Å². The summed E-state index contributed by atoms with van der Waals surface area (Å²) < 4.78 is 2.00. The van der Waals surface area contributed by atoms with Crippen molar-refractivity contribution in [1.29, 1.82) is 0 Å². The quantitative estimate of drug-likeness (QED) is 0.506. The molecule has 0 aliphatic carbocycles. The molecule has 0 radical (unpaired) electrons. The zero-order chi connectivity index (χ0) is 17.8. The summed E-state index contributed by atoms with van der Waals surface area (Å²) in [5.41, 5.74) is 7.05. The Kier molecular flexibility index (Phi) is 5.55. The van der Waals surface area contributed by atoms with Crippen molar-refractivity contribution in [2.75, 3.05) is 0 Å². The van der Waals surface area contributed by atoms with Crippen molar-refractivity contribution in [2.45, 2.75) is 37.2 Å². The summed E-state index contributed by atoms with van der Waals surface area (Å²) >= 11 is 7.87. The summed E-state index contributed by atoms with van der Waals surface area (Å²) in [6.45, 7) is 2.75. The number of hydrogen-bond donors (Lipinski definition) is 1. The number of fused-ring (bicyclic) bond motifs is 1. The van der Waals surface area contributed by atoms with Crippen LogP contribution in [-0.4, -0.2) is 25.7 Å². The van der Waals surface area contributed by atoms with Crippen molar-refractivity contribution in [3.63, 3.8) is 0 Å². The lowest BCUT2D eigenvalue weighted by Gasteiger charge is -2.08. The number of amides is 1. The summed E-state index contributed by atoms with van der Waals surface area (Å²) in [6.07, 6.45) is 0.762. The Bertz CT molecular complexity index is 911. The molecule has 0 bridgehead atoms. The largest absolute Gasteiger partial charge is 0.370 e. The van der Waals surface area contributed by atoms with Gasteiger partial charge in [0.2, 0.25) is 5.91 Å². The molecule has 0 atom stereocenters. The number of pyridine rings is 1. The molecule has 8 heteroatoms. The molecule has 2 N–H and O–H groups in total. The number of halogens is 1. The second kappa shape index (κ2) is 7.84. The van der Waals surface area contributed by atoms with Gasteiger partial charge in [0.25, 0.3) is 0 Å². The Labute approximate surface area is 154 Å². The lowest BCUT2D eigenvalue weighted by molar-refractivity contribution is -0.118. The van der Waals surface area contributed by atoms with Gasteiger partial charge in [-0.2, -0.15) is 0 Å². The van der Waals surface area contributed by atoms with Crippen LogP contribution >= 0.6 is 23.4 Å². The summed E-state index contributed by atoms with van der Waals surface area (Å²) in [7, 11) is 0. The van der Waals surface area contributed by atoms with Gasteiger partial charge in [0, 0.05) is 36.1 Å². The fourth-order valence-corrected chi connectivity index (χ4v) is 3.83. The van der Waals surface area contributed by atoms with Crippen LogP contribution in [0.15, 0.2) is 35.5 Å². The van der Waals surface area contributed by atoms with Crippen LogP contribution < -0.4 is 5.73 Å². The van der Waals surface area contributed by atoms with E-state index >= 15 is 0 Å². The lowest BCUT2D eigenvalue weighted by atomic mass is 10.2. The van der Waals surface area contributed by atoms with Gasteiger partial charge in [0.15, 0.2) is 5.16 Å². The number of nitrogens with zero attached hydrogens (tertiary/aromatic N) is 4. The van der Waals surface area contributed by atoms with Crippen molar-refractivity contribution in [1.82, 2.24) is 19.7 Å². The van der Waals surface area contributed by atoms with Crippen molar-refractivity contribution < 1.29 is 4.79 Å². The zero-order valence-corrected chi connectivity index (χ0v) is 15.3. The average molecular weight is 376 g/mol. The summed E-state index contributed by atoms with van der Waals surface area (Å²) in [5.74, 6) is 1.07. The van der Waals surface area contributed by atoms with Crippen molar-refractivity contribution in [3.8, 4) is 0 Å². The Hall–Kier alpha value is -2.12. The van der Waals surface area contributed by atoms with Crippen LogP contribution in [-0.2, 0) is 23.5 Å². The molecule has 0 fully saturated rings. The number of para-hydroxylation sites is 1. The van der Waals surface area contributed by atoms with Crippen molar-refractivity contribution in [2.24, 2.45) is 5.73 Å². The first-order valence-electron chi connectivity index (χ1n) is 7.95. The second-order valence-corrected chi connectivity index (χ2v) is 6.83. The number of carbonyl (C=O) groups excluding carboxylic acids is 1. The Balaban J connectivity index is 1.77. The number of rotatable bonds is 7. The fourth-order valence-electron chi connectivity index (χ4n) is 2.54. The highest BCUT2D eigenvalue weighted by molar-refractivity contribution is 7.98. The van der Waals surface area contributed by atoms with E-state index in [0.717, 1.165) is 34.0 Å². The van der Waals surface area contributed by atoms with E-state index < -0.39 is 0 Å². The molecule has 2 heterocycles. The maximum atomic E-state index is 11.0. The minimum absolute atomic E-state index is 0.267. The van der Waals surface area contributed by atoms with E-state index in [1.54, 1.807) is 11.8 Å². The predicted molar refractivity (Wildman–Crippen MR) is 99.5 cm³/mol. The molecule has 0 saturated carbocycles. The third kappa shape index (κ3) is 4.11. The number of primary amides is 1. The van der Waals surface area contributed by atoms with Gasteiger partial charge in [-0.3, -0.25) is 4.79 Å². The Morgan fingerprint density at radius 2 is 2.12 bits per heavy atom. The van der Waals surface area contributed by atoms with E-state index in [-0.39, 0.29) is 12.3 Å². The number of carbonyl (C=O) groups is 1. The van der Waals surface area contributed by atoms with E-state index in [9.17, 15) is 4.79 Å². The summed E-state index contributed by atoms with van der Waals surface area (Å²) in [5, 5.41) is 10.8. The monoisotopic (exact) mass is 375 g/mol. The SMILES string of the molecule is CCn1c(CCC(N)=O)nnc1SCc1cc2ccccc2nc1Cl.